The van der Waals surface area contributed by atoms with E-state index in [4.69, 9.17) is 0 Å². The molecular weight excluding hydrogens is 311 g/mol. The molecular formula is C14H17IO. The molecule has 86 valence electrons. The van der Waals surface area contributed by atoms with Crippen LogP contribution in [0.3, 0.4) is 0 Å². The number of benzene rings is 1. The van der Waals surface area contributed by atoms with Crippen LogP contribution in [0, 0.1) is 9.49 Å². The van der Waals surface area contributed by atoms with E-state index >= 15 is 0 Å². The second-order valence-corrected chi connectivity index (χ2v) is 5.93. The monoisotopic (exact) mass is 328 g/mol. The number of carbonyl (C=O) groups is 1. The molecule has 1 aliphatic carbocycles. The average molecular weight is 328 g/mol. The maximum atomic E-state index is 11.5. The fourth-order valence-electron chi connectivity index (χ4n) is 2.41. The molecule has 1 fully saturated rings. The standard InChI is InChI=1S/C14H17IO/c15-13-7-5-11(6-8-13)9-12-3-1-2-4-14(16)10-12/h5-8,12H,1-4,9-10H2. The van der Waals surface area contributed by atoms with Crippen molar-refractivity contribution in [3.63, 3.8) is 0 Å². The zero-order chi connectivity index (χ0) is 11.4. The van der Waals surface area contributed by atoms with Crippen LogP contribution in [0.4, 0.5) is 0 Å². The fourth-order valence-corrected chi connectivity index (χ4v) is 2.77. The predicted octanol–water partition coefficient (Wildman–Crippen LogP) is 3.98. The molecule has 1 nitrogen and oxygen atoms in total. The fraction of sp³-hybridized carbons (Fsp3) is 0.500. The van der Waals surface area contributed by atoms with Gasteiger partial charge >= 0.3 is 0 Å². The third-order valence-electron chi connectivity index (χ3n) is 3.27. The summed E-state index contributed by atoms with van der Waals surface area (Å²) >= 11 is 2.32. The highest BCUT2D eigenvalue weighted by molar-refractivity contribution is 14.1. The Hall–Kier alpha value is -0.380. The van der Waals surface area contributed by atoms with E-state index in [-0.39, 0.29) is 0 Å². The van der Waals surface area contributed by atoms with E-state index in [1.54, 1.807) is 0 Å². The summed E-state index contributed by atoms with van der Waals surface area (Å²) in [6.45, 7) is 0. The second kappa shape index (κ2) is 5.80. The Bertz CT molecular complexity index is 356. The molecule has 0 spiro atoms. The SMILES string of the molecule is O=C1CCCCC(Cc2ccc(I)cc2)C1. The van der Waals surface area contributed by atoms with Crippen LogP contribution in [0.5, 0.6) is 0 Å². The van der Waals surface area contributed by atoms with Crippen LogP contribution in [0.1, 0.15) is 37.7 Å². The summed E-state index contributed by atoms with van der Waals surface area (Å²) in [5.74, 6) is 1.04. The lowest BCUT2D eigenvalue weighted by Crippen LogP contribution is -2.08. The number of carbonyl (C=O) groups excluding carboxylic acids is 1. The lowest BCUT2D eigenvalue weighted by atomic mass is 9.92. The molecule has 1 atom stereocenters. The van der Waals surface area contributed by atoms with E-state index in [2.05, 4.69) is 46.9 Å². The highest BCUT2D eigenvalue weighted by atomic mass is 127. The summed E-state index contributed by atoms with van der Waals surface area (Å²) in [5.41, 5.74) is 1.38. The molecule has 1 aromatic rings. The summed E-state index contributed by atoms with van der Waals surface area (Å²) in [6, 6.07) is 8.68. The van der Waals surface area contributed by atoms with E-state index in [1.807, 2.05) is 0 Å². The normalized spacial score (nSPS) is 21.8. The van der Waals surface area contributed by atoms with Crippen molar-refractivity contribution < 1.29 is 4.79 Å². The van der Waals surface area contributed by atoms with E-state index in [1.165, 1.54) is 22.0 Å². The molecule has 0 aliphatic heterocycles. The zero-order valence-corrected chi connectivity index (χ0v) is 11.6. The number of ketones is 1. The first kappa shape index (κ1) is 12.1. The van der Waals surface area contributed by atoms with Crippen molar-refractivity contribution >= 4 is 28.4 Å². The average Bonchev–Trinajstić information content (AvgIpc) is 2.46. The summed E-state index contributed by atoms with van der Waals surface area (Å²) in [5, 5.41) is 0. The molecule has 1 aliphatic rings. The number of halogens is 1. The Labute approximate surface area is 111 Å². The van der Waals surface area contributed by atoms with Crippen molar-refractivity contribution in [3.05, 3.63) is 33.4 Å². The van der Waals surface area contributed by atoms with Gasteiger partial charge in [-0.1, -0.05) is 18.6 Å². The van der Waals surface area contributed by atoms with E-state index in [0.29, 0.717) is 11.7 Å². The van der Waals surface area contributed by atoms with Crippen LogP contribution < -0.4 is 0 Å². The van der Waals surface area contributed by atoms with Crippen LogP contribution >= 0.6 is 22.6 Å². The smallest absolute Gasteiger partial charge is 0.133 e. The van der Waals surface area contributed by atoms with E-state index in [9.17, 15) is 4.79 Å². The van der Waals surface area contributed by atoms with Crippen molar-refractivity contribution in [3.8, 4) is 0 Å². The Kier molecular flexibility index (Phi) is 4.38. The van der Waals surface area contributed by atoms with Crippen LogP contribution in [0.2, 0.25) is 0 Å². The molecule has 16 heavy (non-hydrogen) atoms. The lowest BCUT2D eigenvalue weighted by Gasteiger charge is -2.13. The van der Waals surface area contributed by atoms with Gasteiger partial charge in [0.1, 0.15) is 5.78 Å². The van der Waals surface area contributed by atoms with Crippen LogP contribution in [-0.2, 0) is 11.2 Å². The molecule has 0 aromatic heterocycles. The minimum atomic E-state index is 0.466. The first-order valence-electron chi connectivity index (χ1n) is 6.00. The lowest BCUT2D eigenvalue weighted by molar-refractivity contribution is -0.119. The molecule has 1 saturated carbocycles. The third kappa shape index (κ3) is 3.58. The van der Waals surface area contributed by atoms with Gasteiger partial charge in [0.2, 0.25) is 0 Å². The summed E-state index contributed by atoms with van der Waals surface area (Å²) in [6.07, 6.45) is 6.22. The molecule has 0 N–H and O–H groups in total. The molecule has 0 radical (unpaired) electrons. The topological polar surface area (TPSA) is 17.1 Å². The van der Waals surface area contributed by atoms with Gasteiger partial charge in [0, 0.05) is 16.4 Å². The Morgan fingerprint density at radius 3 is 2.69 bits per heavy atom. The van der Waals surface area contributed by atoms with Gasteiger partial charge in [0.25, 0.3) is 0 Å². The van der Waals surface area contributed by atoms with Crippen molar-refractivity contribution in [2.75, 3.05) is 0 Å². The van der Waals surface area contributed by atoms with Crippen LogP contribution in [-0.4, -0.2) is 5.78 Å². The molecule has 0 amide bonds. The third-order valence-corrected chi connectivity index (χ3v) is 3.99. The highest BCUT2D eigenvalue weighted by Gasteiger charge is 2.17. The molecule has 0 heterocycles. The van der Waals surface area contributed by atoms with Gasteiger partial charge in [-0.05, 0) is 65.5 Å². The summed E-state index contributed by atoms with van der Waals surface area (Å²) in [7, 11) is 0. The van der Waals surface area contributed by atoms with Gasteiger partial charge in [0.05, 0.1) is 0 Å². The van der Waals surface area contributed by atoms with Crippen molar-refractivity contribution in [1.82, 2.24) is 0 Å². The quantitative estimate of drug-likeness (QED) is 0.593. The summed E-state index contributed by atoms with van der Waals surface area (Å²) in [4.78, 5) is 11.5. The molecule has 1 aromatic carbocycles. The Morgan fingerprint density at radius 2 is 1.94 bits per heavy atom. The van der Waals surface area contributed by atoms with Crippen LogP contribution in [0.15, 0.2) is 24.3 Å². The van der Waals surface area contributed by atoms with Gasteiger partial charge in [-0.15, -0.1) is 0 Å². The van der Waals surface area contributed by atoms with Crippen molar-refractivity contribution in [1.29, 1.82) is 0 Å². The molecule has 0 bridgehead atoms. The zero-order valence-electron chi connectivity index (χ0n) is 9.42. The number of rotatable bonds is 2. The van der Waals surface area contributed by atoms with Gasteiger partial charge in [-0.2, -0.15) is 0 Å². The highest BCUT2D eigenvalue weighted by Crippen LogP contribution is 2.24. The first-order valence-corrected chi connectivity index (χ1v) is 7.08. The molecule has 0 saturated heterocycles. The van der Waals surface area contributed by atoms with E-state index < -0.39 is 0 Å². The van der Waals surface area contributed by atoms with Crippen molar-refractivity contribution in [2.24, 2.45) is 5.92 Å². The Balaban J connectivity index is 1.97. The largest absolute Gasteiger partial charge is 0.300 e. The summed E-state index contributed by atoms with van der Waals surface area (Å²) < 4.78 is 1.28. The van der Waals surface area contributed by atoms with Crippen LogP contribution in [0.25, 0.3) is 0 Å². The van der Waals surface area contributed by atoms with Gasteiger partial charge in [-0.25, -0.2) is 0 Å². The maximum absolute atomic E-state index is 11.5. The van der Waals surface area contributed by atoms with Crippen molar-refractivity contribution in [2.45, 2.75) is 38.5 Å². The first-order chi connectivity index (χ1) is 7.74. The minimum Gasteiger partial charge on any atom is -0.300 e. The van der Waals surface area contributed by atoms with Gasteiger partial charge in [0.15, 0.2) is 0 Å². The Morgan fingerprint density at radius 1 is 1.19 bits per heavy atom. The molecule has 1 unspecified atom stereocenters. The molecule has 2 heteroatoms. The maximum Gasteiger partial charge on any atom is 0.133 e. The number of hydrogen-bond donors (Lipinski definition) is 0. The van der Waals surface area contributed by atoms with E-state index in [0.717, 1.165) is 25.7 Å². The number of hydrogen-bond acceptors (Lipinski definition) is 1. The minimum absolute atomic E-state index is 0.466. The second-order valence-electron chi connectivity index (χ2n) is 4.69. The van der Waals surface area contributed by atoms with Gasteiger partial charge in [-0.3, -0.25) is 4.79 Å². The van der Waals surface area contributed by atoms with Gasteiger partial charge < -0.3 is 0 Å². The number of Topliss-reactive ketones (excluding diaryl/α,β-unsaturated/α-hetero) is 1. The molecule has 2 rings (SSSR count). The predicted molar refractivity (Wildman–Crippen MR) is 74.4 cm³/mol.